The summed E-state index contributed by atoms with van der Waals surface area (Å²) < 4.78 is 5.34. The highest BCUT2D eigenvalue weighted by atomic mass is 16.5. The highest BCUT2D eigenvalue weighted by Crippen LogP contribution is 2.33. The summed E-state index contributed by atoms with van der Waals surface area (Å²) >= 11 is 0. The molecule has 19 heavy (non-hydrogen) atoms. The number of hydrogen-bond acceptors (Lipinski definition) is 3. The number of likely N-dealkylation sites (tertiary alicyclic amines) is 1. The maximum atomic E-state index is 5.34. The van der Waals surface area contributed by atoms with Crippen LogP contribution in [0.2, 0.25) is 0 Å². The summed E-state index contributed by atoms with van der Waals surface area (Å²) in [7, 11) is 1.83. The molecule has 0 aromatic carbocycles. The van der Waals surface area contributed by atoms with Crippen LogP contribution in [-0.2, 0) is 4.74 Å². The van der Waals surface area contributed by atoms with Gasteiger partial charge in [0, 0.05) is 20.2 Å². The number of rotatable bonds is 5. The molecule has 2 fully saturated rings. The molecule has 3 nitrogen and oxygen atoms in total. The second-order valence-electron chi connectivity index (χ2n) is 7.23. The fourth-order valence-electron chi connectivity index (χ4n) is 3.89. The Morgan fingerprint density at radius 3 is 2.79 bits per heavy atom. The topological polar surface area (TPSA) is 24.5 Å². The van der Waals surface area contributed by atoms with Crippen molar-refractivity contribution < 1.29 is 4.74 Å². The average molecular weight is 268 g/mol. The molecule has 0 amide bonds. The largest absolute Gasteiger partial charge is 0.384 e. The van der Waals surface area contributed by atoms with Crippen LogP contribution in [0.25, 0.3) is 0 Å². The molecule has 2 saturated heterocycles. The van der Waals surface area contributed by atoms with Crippen molar-refractivity contribution in [2.45, 2.75) is 39.5 Å². The van der Waals surface area contributed by atoms with Crippen LogP contribution in [-0.4, -0.2) is 51.3 Å². The van der Waals surface area contributed by atoms with Crippen molar-refractivity contribution in [2.24, 2.45) is 17.3 Å². The van der Waals surface area contributed by atoms with Gasteiger partial charge in [0.25, 0.3) is 0 Å². The third kappa shape index (κ3) is 4.44. The number of nitrogens with zero attached hydrogens (tertiary/aromatic N) is 1. The van der Waals surface area contributed by atoms with Gasteiger partial charge in [0.1, 0.15) is 0 Å². The Labute approximate surface area is 119 Å². The van der Waals surface area contributed by atoms with Gasteiger partial charge in [-0.25, -0.2) is 0 Å². The summed E-state index contributed by atoms with van der Waals surface area (Å²) in [4.78, 5) is 2.68. The molecule has 2 rings (SSSR count). The van der Waals surface area contributed by atoms with E-state index in [1.165, 1.54) is 58.4 Å². The second-order valence-corrected chi connectivity index (χ2v) is 7.23. The molecule has 112 valence electrons. The fraction of sp³-hybridized carbons (Fsp3) is 1.00. The van der Waals surface area contributed by atoms with Gasteiger partial charge in [0.2, 0.25) is 0 Å². The lowest BCUT2D eigenvalue weighted by Crippen LogP contribution is -2.47. The summed E-state index contributed by atoms with van der Waals surface area (Å²) in [6.07, 6.45) is 5.43. The minimum absolute atomic E-state index is 0.433. The van der Waals surface area contributed by atoms with Crippen LogP contribution in [0.3, 0.4) is 0 Å². The minimum atomic E-state index is 0.433. The average Bonchev–Trinajstić information content (AvgIpc) is 2.40. The van der Waals surface area contributed by atoms with Gasteiger partial charge in [-0.15, -0.1) is 0 Å². The quantitative estimate of drug-likeness (QED) is 0.828. The molecule has 2 heterocycles. The molecular formula is C16H32N2O. The Bertz CT molecular complexity index is 259. The summed E-state index contributed by atoms with van der Waals surface area (Å²) in [5.74, 6) is 1.59. The van der Waals surface area contributed by atoms with Crippen LogP contribution in [0.1, 0.15) is 39.5 Å². The van der Waals surface area contributed by atoms with Crippen LogP contribution < -0.4 is 5.32 Å². The lowest BCUT2D eigenvalue weighted by molar-refractivity contribution is 0.0478. The summed E-state index contributed by atoms with van der Waals surface area (Å²) in [5.41, 5.74) is 0.433. The van der Waals surface area contributed by atoms with Gasteiger partial charge in [-0.2, -0.15) is 0 Å². The van der Waals surface area contributed by atoms with E-state index >= 15 is 0 Å². The Balaban J connectivity index is 1.84. The van der Waals surface area contributed by atoms with E-state index in [9.17, 15) is 0 Å². The Morgan fingerprint density at radius 2 is 2.11 bits per heavy atom. The smallest absolute Gasteiger partial charge is 0.0502 e. The molecule has 2 aliphatic rings. The monoisotopic (exact) mass is 268 g/mol. The van der Waals surface area contributed by atoms with E-state index in [1.807, 2.05) is 7.11 Å². The molecule has 0 radical (unpaired) electrons. The first kappa shape index (κ1) is 15.3. The van der Waals surface area contributed by atoms with Crippen molar-refractivity contribution in [3.63, 3.8) is 0 Å². The van der Waals surface area contributed by atoms with E-state index < -0.39 is 0 Å². The molecule has 0 aromatic heterocycles. The lowest BCUT2D eigenvalue weighted by Gasteiger charge is -2.43. The summed E-state index contributed by atoms with van der Waals surface area (Å²) in [5, 5.41) is 3.57. The van der Waals surface area contributed by atoms with Crippen LogP contribution >= 0.6 is 0 Å². The maximum absolute atomic E-state index is 5.34. The highest BCUT2D eigenvalue weighted by molar-refractivity contribution is 4.87. The molecule has 0 saturated carbocycles. The molecule has 2 unspecified atom stereocenters. The Morgan fingerprint density at radius 1 is 1.26 bits per heavy atom. The van der Waals surface area contributed by atoms with Gasteiger partial charge in [0.15, 0.2) is 0 Å². The van der Waals surface area contributed by atoms with Gasteiger partial charge < -0.3 is 15.0 Å². The van der Waals surface area contributed by atoms with Crippen molar-refractivity contribution in [1.82, 2.24) is 10.2 Å². The number of methoxy groups -OCH3 is 1. The number of hydrogen-bond donors (Lipinski definition) is 1. The van der Waals surface area contributed by atoms with E-state index in [0.717, 1.165) is 18.4 Å². The summed E-state index contributed by atoms with van der Waals surface area (Å²) in [6.45, 7) is 12.0. The lowest BCUT2D eigenvalue weighted by atomic mass is 9.74. The van der Waals surface area contributed by atoms with Crippen molar-refractivity contribution in [3.05, 3.63) is 0 Å². The van der Waals surface area contributed by atoms with Crippen LogP contribution in [0.4, 0.5) is 0 Å². The zero-order chi connectivity index (χ0) is 13.7. The van der Waals surface area contributed by atoms with Gasteiger partial charge >= 0.3 is 0 Å². The number of piperidine rings is 2. The Kier molecular flexibility index (Phi) is 5.67. The molecule has 2 atom stereocenters. The van der Waals surface area contributed by atoms with Crippen LogP contribution in [0.5, 0.6) is 0 Å². The molecule has 1 N–H and O–H groups in total. The zero-order valence-electron chi connectivity index (χ0n) is 13.1. The second kappa shape index (κ2) is 7.05. The van der Waals surface area contributed by atoms with E-state index in [1.54, 1.807) is 0 Å². The van der Waals surface area contributed by atoms with Gasteiger partial charge in [-0.3, -0.25) is 0 Å². The standard InChI is InChI=1S/C16H32N2O/c1-16(2,15-7-4-8-17-10-15)13-18-9-5-6-14(11-18)12-19-3/h14-15,17H,4-13H2,1-3H3. The van der Waals surface area contributed by atoms with E-state index in [-0.39, 0.29) is 0 Å². The van der Waals surface area contributed by atoms with Gasteiger partial charge in [0.05, 0.1) is 6.61 Å². The summed E-state index contributed by atoms with van der Waals surface area (Å²) in [6, 6.07) is 0. The number of ether oxygens (including phenoxy) is 1. The Hall–Kier alpha value is -0.120. The van der Waals surface area contributed by atoms with Crippen molar-refractivity contribution >= 4 is 0 Å². The SMILES string of the molecule is COCC1CCCN(CC(C)(C)C2CCCNC2)C1. The first-order valence-electron chi connectivity index (χ1n) is 8.04. The van der Waals surface area contributed by atoms with Crippen molar-refractivity contribution in [3.8, 4) is 0 Å². The normalized spacial score (nSPS) is 30.5. The maximum Gasteiger partial charge on any atom is 0.0502 e. The van der Waals surface area contributed by atoms with Gasteiger partial charge in [-0.05, 0) is 62.6 Å². The molecular weight excluding hydrogens is 236 g/mol. The number of nitrogens with one attached hydrogen (secondary N) is 1. The molecule has 0 aliphatic carbocycles. The van der Waals surface area contributed by atoms with Crippen molar-refractivity contribution in [1.29, 1.82) is 0 Å². The third-order valence-electron chi connectivity index (χ3n) is 5.04. The molecule has 2 aliphatic heterocycles. The van der Waals surface area contributed by atoms with Gasteiger partial charge in [-0.1, -0.05) is 13.8 Å². The first-order chi connectivity index (χ1) is 9.12. The highest BCUT2D eigenvalue weighted by Gasteiger charge is 2.33. The predicted octanol–water partition coefficient (Wildman–Crippen LogP) is 2.37. The molecule has 3 heteroatoms. The predicted molar refractivity (Wildman–Crippen MR) is 80.4 cm³/mol. The molecule has 0 spiro atoms. The van der Waals surface area contributed by atoms with Crippen LogP contribution in [0.15, 0.2) is 0 Å². The first-order valence-corrected chi connectivity index (χ1v) is 8.04. The molecule has 0 aromatic rings. The molecule has 0 bridgehead atoms. The van der Waals surface area contributed by atoms with E-state index in [0.29, 0.717) is 5.41 Å². The minimum Gasteiger partial charge on any atom is -0.384 e. The van der Waals surface area contributed by atoms with E-state index in [4.69, 9.17) is 4.74 Å². The fourth-order valence-corrected chi connectivity index (χ4v) is 3.89. The zero-order valence-corrected chi connectivity index (χ0v) is 13.1. The van der Waals surface area contributed by atoms with E-state index in [2.05, 4.69) is 24.1 Å². The van der Waals surface area contributed by atoms with Crippen molar-refractivity contribution in [2.75, 3.05) is 46.4 Å². The third-order valence-corrected chi connectivity index (χ3v) is 5.04. The van der Waals surface area contributed by atoms with Crippen LogP contribution in [0, 0.1) is 17.3 Å².